The van der Waals surface area contributed by atoms with E-state index in [0.717, 1.165) is 31.5 Å². The molecule has 1 aliphatic rings. The summed E-state index contributed by atoms with van der Waals surface area (Å²) in [5.74, 6) is -0.103. The molecule has 1 amide bonds. The SMILES string of the molecule is O=C(CNCc1cccc(F)c1)N1CCCC1. The van der Waals surface area contributed by atoms with Crippen LogP contribution < -0.4 is 5.32 Å². The molecule has 0 spiro atoms. The molecule has 0 saturated carbocycles. The number of likely N-dealkylation sites (tertiary alicyclic amines) is 1. The van der Waals surface area contributed by atoms with Gasteiger partial charge in [-0.3, -0.25) is 4.79 Å². The zero-order chi connectivity index (χ0) is 12.1. The summed E-state index contributed by atoms with van der Waals surface area (Å²) in [7, 11) is 0. The fraction of sp³-hybridized carbons (Fsp3) is 0.462. The molecular weight excluding hydrogens is 219 g/mol. The lowest BCUT2D eigenvalue weighted by molar-refractivity contribution is -0.129. The smallest absolute Gasteiger partial charge is 0.236 e. The maximum Gasteiger partial charge on any atom is 0.236 e. The lowest BCUT2D eigenvalue weighted by atomic mass is 10.2. The maximum absolute atomic E-state index is 12.9. The second kappa shape index (κ2) is 5.77. The molecule has 0 radical (unpaired) electrons. The van der Waals surface area contributed by atoms with E-state index < -0.39 is 0 Å². The third kappa shape index (κ3) is 3.53. The van der Waals surface area contributed by atoms with Crippen LogP contribution in [0.3, 0.4) is 0 Å². The van der Waals surface area contributed by atoms with Crippen molar-refractivity contribution in [1.82, 2.24) is 10.2 Å². The molecule has 1 aliphatic heterocycles. The van der Waals surface area contributed by atoms with Crippen LogP contribution in [0.25, 0.3) is 0 Å². The van der Waals surface area contributed by atoms with Crippen LogP contribution in [0, 0.1) is 5.82 Å². The zero-order valence-corrected chi connectivity index (χ0v) is 9.79. The average Bonchev–Trinajstić information content (AvgIpc) is 2.82. The highest BCUT2D eigenvalue weighted by atomic mass is 19.1. The van der Waals surface area contributed by atoms with Crippen LogP contribution in [-0.4, -0.2) is 30.4 Å². The number of hydrogen-bond acceptors (Lipinski definition) is 2. The van der Waals surface area contributed by atoms with Gasteiger partial charge in [-0.05, 0) is 30.5 Å². The minimum absolute atomic E-state index is 0.138. The Labute approximate surface area is 101 Å². The Balaban J connectivity index is 1.73. The topological polar surface area (TPSA) is 32.3 Å². The van der Waals surface area contributed by atoms with Gasteiger partial charge in [-0.2, -0.15) is 0 Å². The molecular formula is C13H17FN2O. The highest BCUT2D eigenvalue weighted by Gasteiger charge is 2.16. The number of amides is 1. The second-order valence-corrected chi connectivity index (χ2v) is 4.32. The fourth-order valence-corrected chi connectivity index (χ4v) is 2.04. The van der Waals surface area contributed by atoms with Gasteiger partial charge in [0, 0.05) is 19.6 Å². The van der Waals surface area contributed by atoms with Crippen molar-refractivity contribution in [3.05, 3.63) is 35.6 Å². The maximum atomic E-state index is 12.9. The number of benzene rings is 1. The molecule has 1 saturated heterocycles. The van der Waals surface area contributed by atoms with Crippen LogP contribution in [0.15, 0.2) is 24.3 Å². The van der Waals surface area contributed by atoms with Crippen LogP contribution in [0.5, 0.6) is 0 Å². The van der Waals surface area contributed by atoms with Gasteiger partial charge >= 0.3 is 0 Å². The first-order valence-corrected chi connectivity index (χ1v) is 5.98. The zero-order valence-electron chi connectivity index (χ0n) is 9.79. The van der Waals surface area contributed by atoms with Gasteiger partial charge in [-0.15, -0.1) is 0 Å². The van der Waals surface area contributed by atoms with Gasteiger partial charge in [0.25, 0.3) is 0 Å². The van der Waals surface area contributed by atoms with E-state index >= 15 is 0 Å². The largest absolute Gasteiger partial charge is 0.342 e. The van der Waals surface area contributed by atoms with Crippen LogP contribution in [0.1, 0.15) is 18.4 Å². The number of nitrogens with one attached hydrogen (secondary N) is 1. The number of hydrogen-bond donors (Lipinski definition) is 1. The van der Waals surface area contributed by atoms with Crippen molar-refractivity contribution in [2.45, 2.75) is 19.4 Å². The lowest BCUT2D eigenvalue weighted by Crippen LogP contribution is -2.35. The van der Waals surface area contributed by atoms with Crippen molar-refractivity contribution in [2.24, 2.45) is 0 Å². The van der Waals surface area contributed by atoms with Gasteiger partial charge in [0.05, 0.1) is 6.54 Å². The summed E-state index contributed by atoms with van der Waals surface area (Å²) in [6.45, 7) is 2.61. The molecule has 3 nitrogen and oxygen atoms in total. The second-order valence-electron chi connectivity index (χ2n) is 4.32. The summed E-state index contributed by atoms with van der Waals surface area (Å²) >= 11 is 0. The van der Waals surface area contributed by atoms with Crippen LogP contribution in [0.2, 0.25) is 0 Å². The fourth-order valence-electron chi connectivity index (χ4n) is 2.04. The Morgan fingerprint density at radius 1 is 1.35 bits per heavy atom. The Morgan fingerprint density at radius 3 is 2.82 bits per heavy atom. The first-order valence-electron chi connectivity index (χ1n) is 5.98. The summed E-state index contributed by atoms with van der Waals surface area (Å²) < 4.78 is 12.9. The van der Waals surface area contributed by atoms with E-state index in [1.807, 2.05) is 11.0 Å². The van der Waals surface area contributed by atoms with Gasteiger partial charge in [-0.25, -0.2) is 4.39 Å². The van der Waals surface area contributed by atoms with Gasteiger partial charge in [-0.1, -0.05) is 12.1 Å². The highest BCUT2D eigenvalue weighted by molar-refractivity contribution is 5.78. The van der Waals surface area contributed by atoms with Crippen LogP contribution >= 0.6 is 0 Å². The highest BCUT2D eigenvalue weighted by Crippen LogP contribution is 2.07. The van der Waals surface area contributed by atoms with E-state index in [1.165, 1.54) is 12.1 Å². The van der Waals surface area contributed by atoms with Crippen molar-refractivity contribution in [2.75, 3.05) is 19.6 Å². The summed E-state index contributed by atoms with van der Waals surface area (Å²) in [6.07, 6.45) is 2.21. The minimum atomic E-state index is -0.241. The summed E-state index contributed by atoms with van der Waals surface area (Å²) in [5, 5.41) is 3.05. The molecule has 1 fully saturated rings. The molecule has 1 N–H and O–H groups in total. The molecule has 0 aromatic heterocycles. The Kier molecular flexibility index (Phi) is 4.09. The Morgan fingerprint density at radius 2 is 2.12 bits per heavy atom. The lowest BCUT2D eigenvalue weighted by Gasteiger charge is -2.15. The number of carbonyl (C=O) groups is 1. The average molecular weight is 236 g/mol. The van der Waals surface area contributed by atoms with Crippen molar-refractivity contribution >= 4 is 5.91 Å². The molecule has 2 rings (SSSR count). The minimum Gasteiger partial charge on any atom is -0.342 e. The van der Waals surface area contributed by atoms with Crippen LogP contribution in [-0.2, 0) is 11.3 Å². The molecule has 0 aliphatic carbocycles. The van der Waals surface area contributed by atoms with E-state index in [0.29, 0.717) is 13.1 Å². The third-order valence-corrected chi connectivity index (χ3v) is 2.95. The summed E-state index contributed by atoms with van der Waals surface area (Å²) in [5.41, 5.74) is 0.860. The predicted molar refractivity (Wildman–Crippen MR) is 63.9 cm³/mol. The molecule has 4 heteroatoms. The number of halogens is 1. The molecule has 1 aromatic rings. The summed E-state index contributed by atoms with van der Waals surface area (Å²) in [4.78, 5) is 13.6. The Bertz CT molecular complexity index is 389. The monoisotopic (exact) mass is 236 g/mol. The van der Waals surface area contributed by atoms with Crippen molar-refractivity contribution in [3.63, 3.8) is 0 Å². The Hall–Kier alpha value is -1.42. The molecule has 92 valence electrons. The summed E-state index contributed by atoms with van der Waals surface area (Å²) in [6, 6.07) is 6.41. The molecule has 17 heavy (non-hydrogen) atoms. The molecule has 1 heterocycles. The standard InChI is InChI=1S/C13H17FN2O/c14-12-5-3-4-11(8-12)9-15-10-13(17)16-6-1-2-7-16/h3-5,8,15H,1-2,6-7,9-10H2. The van der Waals surface area contributed by atoms with Gasteiger partial charge < -0.3 is 10.2 Å². The van der Waals surface area contributed by atoms with E-state index in [1.54, 1.807) is 6.07 Å². The van der Waals surface area contributed by atoms with Gasteiger partial charge in [0.2, 0.25) is 5.91 Å². The van der Waals surface area contributed by atoms with E-state index in [-0.39, 0.29) is 11.7 Å². The third-order valence-electron chi connectivity index (χ3n) is 2.95. The van der Waals surface area contributed by atoms with Gasteiger partial charge in [0.1, 0.15) is 5.82 Å². The molecule has 0 bridgehead atoms. The molecule has 1 aromatic carbocycles. The van der Waals surface area contributed by atoms with E-state index in [2.05, 4.69) is 5.32 Å². The molecule has 0 unspecified atom stereocenters. The van der Waals surface area contributed by atoms with E-state index in [4.69, 9.17) is 0 Å². The number of carbonyl (C=O) groups excluding carboxylic acids is 1. The normalized spacial score (nSPS) is 15.2. The van der Waals surface area contributed by atoms with E-state index in [9.17, 15) is 9.18 Å². The van der Waals surface area contributed by atoms with Gasteiger partial charge in [0.15, 0.2) is 0 Å². The number of nitrogens with zero attached hydrogens (tertiary/aromatic N) is 1. The first-order chi connectivity index (χ1) is 8.25. The quantitative estimate of drug-likeness (QED) is 0.860. The first kappa shape index (κ1) is 12.0. The predicted octanol–water partition coefficient (Wildman–Crippen LogP) is 1.54. The van der Waals surface area contributed by atoms with Crippen LogP contribution in [0.4, 0.5) is 4.39 Å². The van der Waals surface area contributed by atoms with Crippen molar-refractivity contribution < 1.29 is 9.18 Å². The van der Waals surface area contributed by atoms with Crippen molar-refractivity contribution in [3.8, 4) is 0 Å². The number of rotatable bonds is 4. The molecule has 0 atom stereocenters. The van der Waals surface area contributed by atoms with Crippen molar-refractivity contribution in [1.29, 1.82) is 0 Å².